The number of hydrogen-bond acceptors (Lipinski definition) is 3. The van der Waals surface area contributed by atoms with Crippen molar-refractivity contribution in [3.63, 3.8) is 0 Å². The Morgan fingerprint density at radius 2 is 1.69 bits per heavy atom. The van der Waals surface area contributed by atoms with Crippen LogP contribution < -0.4 is 10.1 Å². The van der Waals surface area contributed by atoms with Crippen LogP contribution in [0.25, 0.3) is 0 Å². The van der Waals surface area contributed by atoms with Crippen LogP contribution in [0.3, 0.4) is 0 Å². The first-order valence-electron chi connectivity index (χ1n) is 9.39. The van der Waals surface area contributed by atoms with Crippen molar-refractivity contribution >= 4 is 18.3 Å². The van der Waals surface area contributed by atoms with Crippen molar-refractivity contribution in [1.29, 1.82) is 0 Å². The van der Waals surface area contributed by atoms with Gasteiger partial charge in [0.1, 0.15) is 11.5 Å². The highest BCUT2D eigenvalue weighted by molar-refractivity contribution is 5.94. The molecule has 2 aliphatic rings. The number of rotatable bonds is 3. The van der Waals surface area contributed by atoms with Crippen LogP contribution in [0.4, 0.5) is 13.2 Å². The molecule has 0 aliphatic carbocycles. The molecular weight excluding hydrogens is 405 g/mol. The molecule has 0 saturated carbocycles. The monoisotopic (exact) mass is 426 g/mol. The quantitative estimate of drug-likeness (QED) is 0.760. The third-order valence-corrected chi connectivity index (χ3v) is 5.29. The molecule has 2 aromatic rings. The van der Waals surface area contributed by atoms with Crippen LogP contribution in [0.2, 0.25) is 0 Å². The number of ether oxygens (including phenoxy) is 1. The third kappa shape index (κ3) is 5.03. The van der Waals surface area contributed by atoms with Gasteiger partial charge < -0.3 is 15.0 Å². The maximum absolute atomic E-state index is 12.9. The SMILES string of the molecule is Cl.O=C(c1cccc(Oc2cccc(C(F)(F)F)c2)c1)N1CCC2CCC(C1)N2. The number of nitrogens with zero attached hydrogens (tertiary/aromatic N) is 1. The standard InChI is InChI=1S/C21H21F3N2O2.ClH/c22-21(23,24)15-4-2-6-19(12-15)28-18-5-1-3-14(11-18)20(27)26-10-9-16-7-8-17(13-26)25-16;/h1-6,11-12,16-17,25H,7-10,13H2;1H. The van der Waals surface area contributed by atoms with Gasteiger partial charge in [-0.3, -0.25) is 4.79 Å². The molecule has 29 heavy (non-hydrogen) atoms. The van der Waals surface area contributed by atoms with Gasteiger partial charge in [-0.05, 0) is 55.7 Å². The van der Waals surface area contributed by atoms with Gasteiger partial charge >= 0.3 is 6.18 Å². The molecule has 0 radical (unpaired) electrons. The summed E-state index contributed by atoms with van der Waals surface area (Å²) in [5.41, 5.74) is -0.299. The first-order chi connectivity index (χ1) is 13.4. The fraction of sp³-hybridized carbons (Fsp3) is 0.381. The van der Waals surface area contributed by atoms with Gasteiger partial charge in [-0.25, -0.2) is 0 Å². The second-order valence-corrected chi connectivity index (χ2v) is 7.33. The maximum atomic E-state index is 12.9. The Morgan fingerprint density at radius 1 is 1.00 bits per heavy atom. The molecule has 4 nitrogen and oxygen atoms in total. The zero-order valence-electron chi connectivity index (χ0n) is 15.6. The van der Waals surface area contributed by atoms with E-state index in [4.69, 9.17) is 4.74 Å². The first-order valence-corrected chi connectivity index (χ1v) is 9.39. The molecule has 2 heterocycles. The molecule has 0 spiro atoms. The molecule has 2 saturated heterocycles. The smallest absolute Gasteiger partial charge is 0.416 e. The molecule has 2 fully saturated rings. The molecule has 156 valence electrons. The number of nitrogens with one attached hydrogen (secondary N) is 1. The van der Waals surface area contributed by atoms with E-state index in [1.165, 1.54) is 12.1 Å². The van der Waals surface area contributed by atoms with Crippen LogP contribution in [0, 0.1) is 0 Å². The summed E-state index contributed by atoms with van der Waals surface area (Å²) in [6, 6.07) is 12.1. The van der Waals surface area contributed by atoms with E-state index in [1.807, 2.05) is 4.90 Å². The van der Waals surface area contributed by atoms with Crippen molar-refractivity contribution in [3.8, 4) is 11.5 Å². The number of carbonyl (C=O) groups is 1. The average molecular weight is 427 g/mol. The second kappa shape index (κ2) is 8.63. The highest BCUT2D eigenvalue weighted by atomic mass is 35.5. The minimum absolute atomic E-state index is 0. The average Bonchev–Trinajstić information content (AvgIpc) is 3.00. The molecule has 0 aromatic heterocycles. The van der Waals surface area contributed by atoms with Crippen LogP contribution in [-0.4, -0.2) is 36.0 Å². The van der Waals surface area contributed by atoms with Crippen molar-refractivity contribution in [2.24, 2.45) is 0 Å². The van der Waals surface area contributed by atoms with E-state index in [2.05, 4.69) is 5.32 Å². The number of hydrogen-bond donors (Lipinski definition) is 1. The summed E-state index contributed by atoms with van der Waals surface area (Å²) in [6.07, 6.45) is -1.26. The molecule has 1 N–H and O–H groups in total. The maximum Gasteiger partial charge on any atom is 0.416 e. The van der Waals surface area contributed by atoms with Crippen molar-refractivity contribution in [3.05, 3.63) is 59.7 Å². The van der Waals surface area contributed by atoms with Gasteiger partial charge in [-0.1, -0.05) is 12.1 Å². The number of amides is 1. The number of alkyl halides is 3. The summed E-state index contributed by atoms with van der Waals surface area (Å²) in [4.78, 5) is 14.8. The van der Waals surface area contributed by atoms with E-state index in [0.717, 1.165) is 31.4 Å². The number of carbonyl (C=O) groups excluding carboxylic acids is 1. The molecule has 1 amide bonds. The number of fused-ring (bicyclic) bond motifs is 2. The van der Waals surface area contributed by atoms with Gasteiger partial charge in [0.2, 0.25) is 0 Å². The van der Waals surface area contributed by atoms with Crippen molar-refractivity contribution < 1.29 is 22.7 Å². The Bertz CT molecular complexity index is 875. The zero-order chi connectivity index (χ0) is 19.7. The summed E-state index contributed by atoms with van der Waals surface area (Å²) < 4.78 is 44.2. The Hall–Kier alpha value is -2.25. The summed E-state index contributed by atoms with van der Waals surface area (Å²) in [5, 5.41) is 3.54. The number of benzene rings is 2. The summed E-state index contributed by atoms with van der Waals surface area (Å²) in [5.74, 6) is 0.333. The van der Waals surface area contributed by atoms with Crippen LogP contribution >= 0.6 is 12.4 Å². The number of likely N-dealkylation sites (tertiary alicyclic amines) is 1. The molecule has 2 atom stereocenters. The van der Waals surface area contributed by atoms with Crippen LogP contribution in [0.5, 0.6) is 11.5 Å². The fourth-order valence-electron chi connectivity index (χ4n) is 3.87. The van der Waals surface area contributed by atoms with E-state index >= 15 is 0 Å². The number of halogens is 4. The van der Waals surface area contributed by atoms with Crippen molar-refractivity contribution in [2.75, 3.05) is 13.1 Å². The lowest BCUT2D eigenvalue weighted by molar-refractivity contribution is -0.137. The lowest BCUT2D eigenvalue weighted by Gasteiger charge is -2.24. The van der Waals surface area contributed by atoms with Gasteiger partial charge in [0.25, 0.3) is 5.91 Å². The van der Waals surface area contributed by atoms with E-state index < -0.39 is 11.7 Å². The highest BCUT2D eigenvalue weighted by Gasteiger charge is 2.32. The Kier molecular flexibility index (Phi) is 6.39. The Morgan fingerprint density at radius 3 is 2.45 bits per heavy atom. The largest absolute Gasteiger partial charge is 0.457 e. The summed E-state index contributed by atoms with van der Waals surface area (Å²) >= 11 is 0. The molecule has 2 unspecified atom stereocenters. The van der Waals surface area contributed by atoms with Gasteiger partial charge in [0, 0.05) is 30.7 Å². The summed E-state index contributed by atoms with van der Waals surface area (Å²) in [6.45, 7) is 1.37. The van der Waals surface area contributed by atoms with Crippen LogP contribution in [0.15, 0.2) is 48.5 Å². The first kappa shape index (κ1) is 21.5. The summed E-state index contributed by atoms with van der Waals surface area (Å²) in [7, 11) is 0. The Labute approximate surface area is 173 Å². The van der Waals surface area contributed by atoms with Crippen molar-refractivity contribution in [1.82, 2.24) is 10.2 Å². The zero-order valence-corrected chi connectivity index (χ0v) is 16.4. The topological polar surface area (TPSA) is 41.6 Å². The predicted octanol–water partition coefficient (Wildman–Crippen LogP) is 4.89. The second-order valence-electron chi connectivity index (χ2n) is 7.33. The lowest BCUT2D eigenvalue weighted by atomic mass is 10.1. The van der Waals surface area contributed by atoms with Gasteiger partial charge in [0.15, 0.2) is 0 Å². The Balaban J connectivity index is 0.00000240. The van der Waals surface area contributed by atoms with Gasteiger partial charge in [-0.2, -0.15) is 13.2 Å². The van der Waals surface area contributed by atoms with E-state index in [1.54, 1.807) is 24.3 Å². The predicted molar refractivity (Wildman–Crippen MR) is 106 cm³/mol. The molecular formula is C21H22ClF3N2O2. The molecule has 2 aromatic carbocycles. The van der Waals surface area contributed by atoms with Crippen LogP contribution in [0.1, 0.15) is 35.2 Å². The molecule has 2 aliphatic heterocycles. The molecule has 2 bridgehead atoms. The van der Waals surface area contributed by atoms with E-state index in [9.17, 15) is 18.0 Å². The normalized spacial score (nSPS) is 21.3. The van der Waals surface area contributed by atoms with Gasteiger partial charge in [-0.15, -0.1) is 12.4 Å². The molecule has 4 rings (SSSR count). The van der Waals surface area contributed by atoms with Gasteiger partial charge in [0.05, 0.1) is 5.56 Å². The fourth-order valence-corrected chi connectivity index (χ4v) is 3.87. The van der Waals surface area contributed by atoms with Crippen molar-refractivity contribution in [2.45, 2.75) is 37.5 Å². The van der Waals surface area contributed by atoms with E-state index in [0.29, 0.717) is 36.5 Å². The third-order valence-electron chi connectivity index (χ3n) is 5.29. The minimum atomic E-state index is -4.43. The minimum Gasteiger partial charge on any atom is -0.457 e. The molecule has 8 heteroatoms. The lowest BCUT2D eigenvalue weighted by Crippen LogP contribution is -2.39. The van der Waals surface area contributed by atoms with Crippen LogP contribution in [-0.2, 0) is 6.18 Å². The highest BCUT2D eigenvalue weighted by Crippen LogP contribution is 2.33. The van der Waals surface area contributed by atoms with E-state index in [-0.39, 0.29) is 24.1 Å².